The molecule has 0 radical (unpaired) electrons. The number of carbonyl (C=O) groups excluding carboxylic acids is 2. The number of alkyl halides is 1. The lowest BCUT2D eigenvalue weighted by Gasteiger charge is -2.37. The van der Waals surface area contributed by atoms with E-state index in [9.17, 15) is 9.59 Å². The highest BCUT2D eigenvalue weighted by Gasteiger charge is 2.45. The zero-order valence-corrected chi connectivity index (χ0v) is 11.1. The Bertz CT molecular complexity index is 288. The first-order valence-electron chi connectivity index (χ1n) is 5.82. The highest BCUT2D eigenvalue weighted by atomic mass is 35.5. The highest BCUT2D eigenvalue weighted by molar-refractivity contribution is 6.18. The molecule has 0 heterocycles. The van der Waals surface area contributed by atoms with Gasteiger partial charge in [-0.3, -0.25) is 9.59 Å². The summed E-state index contributed by atoms with van der Waals surface area (Å²) in [5.74, 6) is -0.321. The Kier molecular flexibility index (Phi) is 5.25. The third kappa shape index (κ3) is 3.12. The molecule has 1 saturated carbocycles. The van der Waals surface area contributed by atoms with E-state index in [4.69, 9.17) is 21.1 Å². The van der Waals surface area contributed by atoms with Gasteiger partial charge in [-0.15, -0.1) is 11.6 Å². The van der Waals surface area contributed by atoms with Gasteiger partial charge >= 0.3 is 11.9 Å². The molecule has 1 aliphatic carbocycles. The number of ether oxygens (including phenoxy) is 2. The second-order valence-electron chi connectivity index (χ2n) is 4.53. The van der Waals surface area contributed by atoms with Crippen molar-refractivity contribution in [2.45, 2.75) is 32.1 Å². The first-order valence-corrected chi connectivity index (χ1v) is 6.35. The Balaban J connectivity index is 2.83. The summed E-state index contributed by atoms with van der Waals surface area (Å²) in [7, 11) is 2.75. The molecule has 5 heteroatoms. The topological polar surface area (TPSA) is 52.6 Å². The van der Waals surface area contributed by atoms with E-state index in [-0.39, 0.29) is 17.9 Å². The maximum Gasteiger partial charge on any atom is 0.311 e. The molecular weight excluding hydrogens is 244 g/mol. The molecular formula is C12H19ClO4. The van der Waals surface area contributed by atoms with Gasteiger partial charge in [0.25, 0.3) is 0 Å². The molecule has 0 unspecified atom stereocenters. The summed E-state index contributed by atoms with van der Waals surface area (Å²) in [6.07, 6.45) is 3.37. The molecule has 17 heavy (non-hydrogen) atoms. The second kappa shape index (κ2) is 6.24. The summed E-state index contributed by atoms with van der Waals surface area (Å²) in [5, 5.41) is 0. The van der Waals surface area contributed by atoms with Crippen molar-refractivity contribution in [2.75, 3.05) is 20.1 Å². The predicted octanol–water partition coefficient (Wildman–Crippen LogP) is 2.14. The quantitative estimate of drug-likeness (QED) is 0.575. The van der Waals surface area contributed by atoms with Crippen LogP contribution in [0.3, 0.4) is 0 Å². The molecule has 0 aromatic carbocycles. The van der Waals surface area contributed by atoms with Crippen molar-refractivity contribution in [1.29, 1.82) is 0 Å². The van der Waals surface area contributed by atoms with Crippen LogP contribution in [0.15, 0.2) is 0 Å². The van der Waals surface area contributed by atoms with Crippen molar-refractivity contribution >= 4 is 23.5 Å². The van der Waals surface area contributed by atoms with Crippen LogP contribution in [0.1, 0.15) is 32.1 Å². The van der Waals surface area contributed by atoms with E-state index in [2.05, 4.69) is 0 Å². The fourth-order valence-electron chi connectivity index (χ4n) is 2.64. The summed E-state index contributed by atoms with van der Waals surface area (Å²) >= 11 is 5.76. The molecule has 0 amide bonds. The van der Waals surface area contributed by atoms with Gasteiger partial charge in [-0.1, -0.05) is 6.42 Å². The molecule has 1 fully saturated rings. The standard InChI is InChI=1S/C12H19ClO4/c1-16-10(14)9-4-3-5-12(8-9,6-7-13)11(15)17-2/h9H,3-8H2,1-2H3/t9-,12-/m1/s1. The van der Waals surface area contributed by atoms with Gasteiger partial charge in [-0.05, 0) is 25.7 Å². The van der Waals surface area contributed by atoms with Gasteiger partial charge < -0.3 is 9.47 Å². The van der Waals surface area contributed by atoms with Gasteiger partial charge in [0.1, 0.15) is 0 Å². The van der Waals surface area contributed by atoms with Gasteiger partial charge in [0.15, 0.2) is 0 Å². The molecule has 0 spiro atoms. The zero-order chi connectivity index (χ0) is 12.9. The Morgan fingerprint density at radius 3 is 2.59 bits per heavy atom. The molecule has 4 nitrogen and oxygen atoms in total. The van der Waals surface area contributed by atoms with Gasteiger partial charge in [0.05, 0.1) is 25.6 Å². The molecule has 0 aromatic heterocycles. The highest BCUT2D eigenvalue weighted by Crippen LogP contribution is 2.43. The van der Waals surface area contributed by atoms with Gasteiger partial charge in [-0.25, -0.2) is 0 Å². The lowest BCUT2D eigenvalue weighted by Crippen LogP contribution is -2.40. The number of halogens is 1. The lowest BCUT2D eigenvalue weighted by atomic mass is 9.68. The fourth-order valence-corrected chi connectivity index (χ4v) is 3.00. The predicted molar refractivity (Wildman–Crippen MR) is 63.8 cm³/mol. The van der Waals surface area contributed by atoms with Crippen molar-refractivity contribution in [3.05, 3.63) is 0 Å². The van der Waals surface area contributed by atoms with E-state index in [1.807, 2.05) is 0 Å². The number of hydrogen-bond donors (Lipinski definition) is 0. The summed E-state index contributed by atoms with van der Waals surface area (Å²) < 4.78 is 9.61. The van der Waals surface area contributed by atoms with Crippen LogP contribution in [-0.2, 0) is 19.1 Å². The summed E-state index contributed by atoms with van der Waals surface area (Å²) in [5.41, 5.74) is -0.604. The van der Waals surface area contributed by atoms with Crippen molar-refractivity contribution in [3.8, 4) is 0 Å². The molecule has 0 saturated heterocycles. The lowest BCUT2D eigenvalue weighted by molar-refractivity contribution is -0.160. The largest absolute Gasteiger partial charge is 0.469 e. The van der Waals surface area contributed by atoms with Crippen molar-refractivity contribution in [2.24, 2.45) is 11.3 Å². The zero-order valence-electron chi connectivity index (χ0n) is 10.3. The van der Waals surface area contributed by atoms with E-state index in [1.165, 1.54) is 14.2 Å². The van der Waals surface area contributed by atoms with Crippen LogP contribution in [0, 0.1) is 11.3 Å². The maximum atomic E-state index is 11.9. The van der Waals surface area contributed by atoms with Crippen LogP contribution in [0.25, 0.3) is 0 Å². The average Bonchev–Trinajstić information content (AvgIpc) is 2.37. The van der Waals surface area contributed by atoms with E-state index in [0.717, 1.165) is 19.3 Å². The Morgan fingerprint density at radius 1 is 1.35 bits per heavy atom. The summed E-state index contributed by atoms with van der Waals surface area (Å²) in [6, 6.07) is 0. The summed E-state index contributed by atoms with van der Waals surface area (Å²) in [4.78, 5) is 23.5. The second-order valence-corrected chi connectivity index (χ2v) is 4.91. The minimum absolute atomic E-state index is 0.212. The number of rotatable bonds is 4. The molecule has 0 aromatic rings. The van der Waals surface area contributed by atoms with Gasteiger partial charge in [0, 0.05) is 5.88 Å². The number of esters is 2. The van der Waals surface area contributed by atoms with Crippen molar-refractivity contribution < 1.29 is 19.1 Å². The average molecular weight is 263 g/mol. The van der Waals surface area contributed by atoms with Gasteiger partial charge in [0.2, 0.25) is 0 Å². The molecule has 1 rings (SSSR count). The third-order valence-corrected chi connectivity index (χ3v) is 3.76. The van der Waals surface area contributed by atoms with Gasteiger partial charge in [-0.2, -0.15) is 0 Å². The third-order valence-electron chi connectivity index (χ3n) is 3.57. The van der Waals surface area contributed by atoms with E-state index in [0.29, 0.717) is 18.7 Å². The fraction of sp³-hybridized carbons (Fsp3) is 0.833. The molecule has 1 aliphatic rings. The van der Waals surface area contributed by atoms with Crippen LogP contribution < -0.4 is 0 Å². The summed E-state index contributed by atoms with van der Waals surface area (Å²) in [6.45, 7) is 0. The minimum Gasteiger partial charge on any atom is -0.469 e. The first kappa shape index (κ1) is 14.3. The Morgan fingerprint density at radius 2 is 2.06 bits per heavy atom. The van der Waals surface area contributed by atoms with Crippen LogP contribution in [0.2, 0.25) is 0 Å². The monoisotopic (exact) mass is 262 g/mol. The molecule has 0 aliphatic heterocycles. The number of methoxy groups -OCH3 is 2. The first-order chi connectivity index (χ1) is 8.09. The number of hydrogen-bond acceptors (Lipinski definition) is 4. The van der Waals surface area contributed by atoms with E-state index >= 15 is 0 Å². The smallest absolute Gasteiger partial charge is 0.311 e. The Hall–Kier alpha value is -0.770. The molecule has 2 atom stereocenters. The number of carbonyl (C=O) groups is 2. The SMILES string of the molecule is COC(=O)[C@@H]1CCC[C@](CCCl)(C(=O)OC)C1. The molecule has 0 N–H and O–H groups in total. The maximum absolute atomic E-state index is 11.9. The van der Waals surface area contributed by atoms with Crippen LogP contribution >= 0.6 is 11.6 Å². The Labute approximate surface area is 107 Å². The van der Waals surface area contributed by atoms with Crippen LogP contribution in [0.4, 0.5) is 0 Å². The molecule has 0 bridgehead atoms. The normalized spacial score (nSPS) is 28.5. The van der Waals surface area contributed by atoms with Crippen LogP contribution in [-0.4, -0.2) is 32.0 Å². The van der Waals surface area contributed by atoms with Crippen molar-refractivity contribution in [1.82, 2.24) is 0 Å². The van der Waals surface area contributed by atoms with Crippen molar-refractivity contribution in [3.63, 3.8) is 0 Å². The van der Waals surface area contributed by atoms with Crippen LogP contribution in [0.5, 0.6) is 0 Å². The minimum atomic E-state index is -0.604. The van der Waals surface area contributed by atoms with E-state index in [1.54, 1.807) is 0 Å². The molecule has 98 valence electrons. The van der Waals surface area contributed by atoms with E-state index < -0.39 is 5.41 Å².